The molecule has 4 aromatic rings. The summed E-state index contributed by atoms with van der Waals surface area (Å²) in [5.74, 6) is 0. The molecular formula is C24H26N2OS. The fourth-order valence-electron chi connectivity index (χ4n) is 4.61. The Bertz CT molecular complexity index is 1110. The first-order valence-corrected chi connectivity index (χ1v) is 11.1. The van der Waals surface area contributed by atoms with Gasteiger partial charge in [-0.3, -0.25) is 4.90 Å². The Hall–Kier alpha value is -2.14. The number of aliphatic hydroxyl groups excluding tert-OH is 1. The Morgan fingerprint density at radius 1 is 1.04 bits per heavy atom. The minimum Gasteiger partial charge on any atom is -0.392 e. The van der Waals surface area contributed by atoms with E-state index in [9.17, 15) is 5.11 Å². The van der Waals surface area contributed by atoms with Crippen molar-refractivity contribution < 1.29 is 5.11 Å². The maximum atomic E-state index is 9.63. The first-order chi connectivity index (χ1) is 13.8. The summed E-state index contributed by atoms with van der Waals surface area (Å²) in [5.41, 5.74) is 5.09. The fourth-order valence-corrected chi connectivity index (χ4v) is 5.91. The van der Waals surface area contributed by atoms with Gasteiger partial charge in [0.1, 0.15) is 0 Å². The zero-order valence-corrected chi connectivity index (χ0v) is 16.9. The lowest BCUT2D eigenvalue weighted by atomic mass is 10.0. The lowest BCUT2D eigenvalue weighted by molar-refractivity contribution is 0.253. The van der Waals surface area contributed by atoms with Gasteiger partial charge in [-0.15, -0.1) is 11.3 Å². The third-order valence-corrected chi connectivity index (χ3v) is 7.24. The smallest absolute Gasteiger partial charge is 0.0688 e. The minimum atomic E-state index is 0.105. The Morgan fingerprint density at radius 2 is 1.96 bits per heavy atom. The maximum absolute atomic E-state index is 9.63. The van der Waals surface area contributed by atoms with E-state index in [-0.39, 0.29) is 6.61 Å². The van der Waals surface area contributed by atoms with E-state index in [1.54, 1.807) is 10.4 Å². The summed E-state index contributed by atoms with van der Waals surface area (Å²) < 4.78 is 1.44. The van der Waals surface area contributed by atoms with Gasteiger partial charge in [0.15, 0.2) is 0 Å². The number of aromatic nitrogens is 1. The quantitative estimate of drug-likeness (QED) is 0.441. The van der Waals surface area contributed by atoms with Crippen molar-refractivity contribution in [1.29, 1.82) is 0 Å². The molecule has 0 amide bonds. The van der Waals surface area contributed by atoms with Crippen LogP contribution in [-0.4, -0.2) is 28.1 Å². The number of rotatable bonds is 6. The normalized spacial score (nSPS) is 14.8. The minimum absolute atomic E-state index is 0.105. The second-order valence-corrected chi connectivity index (χ2v) is 8.93. The molecule has 0 atom stereocenters. The number of aromatic amines is 1. The highest BCUT2D eigenvalue weighted by Crippen LogP contribution is 2.35. The van der Waals surface area contributed by atoms with E-state index >= 15 is 0 Å². The van der Waals surface area contributed by atoms with Gasteiger partial charge in [0.05, 0.1) is 6.61 Å². The summed E-state index contributed by atoms with van der Waals surface area (Å²) in [6.45, 7) is 3.56. The van der Waals surface area contributed by atoms with E-state index in [1.807, 2.05) is 23.5 Å². The first-order valence-electron chi connectivity index (χ1n) is 10.2. The molecule has 4 heteroatoms. The van der Waals surface area contributed by atoms with Gasteiger partial charge in [0.25, 0.3) is 0 Å². The van der Waals surface area contributed by atoms with Crippen LogP contribution in [0.15, 0.2) is 48.7 Å². The Labute approximate surface area is 169 Å². The number of hydrogen-bond donors (Lipinski definition) is 2. The van der Waals surface area contributed by atoms with E-state index in [2.05, 4.69) is 46.4 Å². The largest absolute Gasteiger partial charge is 0.392 e. The highest BCUT2D eigenvalue weighted by Gasteiger charge is 2.20. The van der Waals surface area contributed by atoms with Gasteiger partial charge < -0.3 is 10.1 Å². The molecule has 3 heterocycles. The summed E-state index contributed by atoms with van der Waals surface area (Å²) >= 11 is 1.98. The van der Waals surface area contributed by atoms with Crippen LogP contribution in [0.3, 0.4) is 0 Å². The van der Waals surface area contributed by atoms with Crippen LogP contribution in [0.2, 0.25) is 0 Å². The average molecular weight is 391 g/mol. The molecule has 5 rings (SSSR count). The van der Waals surface area contributed by atoms with Crippen molar-refractivity contribution in [2.75, 3.05) is 13.1 Å². The molecule has 0 fully saturated rings. The monoisotopic (exact) mass is 390 g/mol. The van der Waals surface area contributed by atoms with E-state index in [4.69, 9.17) is 0 Å². The highest BCUT2D eigenvalue weighted by molar-refractivity contribution is 7.19. The van der Waals surface area contributed by atoms with Crippen LogP contribution in [0.1, 0.15) is 34.4 Å². The summed E-state index contributed by atoms with van der Waals surface area (Å²) in [6, 6.07) is 15.0. The fraction of sp³-hybridized carbons (Fsp3) is 0.333. The van der Waals surface area contributed by atoms with E-state index < -0.39 is 0 Å². The molecule has 2 N–H and O–H groups in total. The highest BCUT2D eigenvalue weighted by atomic mass is 32.1. The van der Waals surface area contributed by atoms with Crippen LogP contribution >= 0.6 is 11.3 Å². The van der Waals surface area contributed by atoms with Crippen molar-refractivity contribution in [1.82, 2.24) is 9.88 Å². The molecule has 0 saturated carbocycles. The van der Waals surface area contributed by atoms with Gasteiger partial charge in [-0.25, -0.2) is 0 Å². The zero-order valence-electron chi connectivity index (χ0n) is 16.1. The van der Waals surface area contributed by atoms with Gasteiger partial charge in [-0.2, -0.15) is 0 Å². The number of nitrogens with zero attached hydrogens (tertiary/aromatic N) is 1. The molecule has 0 aliphatic carbocycles. The number of nitrogens with one attached hydrogen (secondary N) is 1. The topological polar surface area (TPSA) is 39.3 Å². The van der Waals surface area contributed by atoms with Crippen LogP contribution in [0, 0.1) is 0 Å². The van der Waals surface area contributed by atoms with Gasteiger partial charge in [-0.1, -0.05) is 30.3 Å². The van der Waals surface area contributed by atoms with Crippen LogP contribution in [-0.2, 0) is 26.0 Å². The number of unbranched alkanes of at least 4 members (excludes halogenated alkanes) is 1. The molecule has 0 radical (unpaired) electrons. The van der Waals surface area contributed by atoms with Crippen molar-refractivity contribution in [3.05, 3.63) is 70.2 Å². The molecule has 0 bridgehead atoms. The summed E-state index contributed by atoms with van der Waals surface area (Å²) in [7, 11) is 0. The number of benzene rings is 2. The summed E-state index contributed by atoms with van der Waals surface area (Å²) in [5, 5.41) is 12.3. The molecule has 1 aliphatic rings. The Balaban J connectivity index is 1.19. The Morgan fingerprint density at radius 3 is 2.89 bits per heavy atom. The molecule has 0 unspecified atom stereocenters. The molecular weight excluding hydrogens is 364 g/mol. The lowest BCUT2D eigenvalue weighted by Crippen LogP contribution is -2.30. The van der Waals surface area contributed by atoms with E-state index in [1.165, 1.54) is 53.4 Å². The predicted octanol–water partition coefficient (Wildman–Crippen LogP) is 5.26. The molecule has 2 aromatic carbocycles. The molecule has 0 saturated heterocycles. The number of thiophene rings is 1. The summed E-state index contributed by atoms with van der Waals surface area (Å²) in [4.78, 5) is 7.54. The van der Waals surface area contributed by atoms with Crippen LogP contribution < -0.4 is 0 Å². The van der Waals surface area contributed by atoms with Gasteiger partial charge in [0, 0.05) is 39.8 Å². The molecule has 144 valence electrons. The second kappa shape index (κ2) is 7.70. The second-order valence-electron chi connectivity index (χ2n) is 7.79. The molecule has 2 aromatic heterocycles. The van der Waals surface area contributed by atoms with Crippen molar-refractivity contribution in [2.24, 2.45) is 0 Å². The first kappa shape index (κ1) is 17.9. The van der Waals surface area contributed by atoms with Crippen molar-refractivity contribution in [3.63, 3.8) is 0 Å². The maximum Gasteiger partial charge on any atom is 0.0688 e. The van der Waals surface area contributed by atoms with E-state index in [0.29, 0.717) is 0 Å². The predicted molar refractivity (Wildman–Crippen MR) is 118 cm³/mol. The lowest BCUT2D eigenvalue weighted by Gasteiger charge is -2.26. The van der Waals surface area contributed by atoms with Crippen LogP contribution in [0.4, 0.5) is 0 Å². The standard InChI is InChI=1S/C24H26N2OS/c27-16-18-7-5-9-21-24(18)17(14-25-21)6-3-4-12-26-13-11-20-19-8-1-2-10-22(19)28-23(20)15-26/h1-2,5,7-10,14,25,27H,3-4,6,11-13,15-16H2. The number of aliphatic hydroxyl groups is 1. The average Bonchev–Trinajstić information content (AvgIpc) is 3.32. The molecule has 1 aliphatic heterocycles. The molecule has 3 nitrogen and oxygen atoms in total. The van der Waals surface area contributed by atoms with Crippen molar-refractivity contribution in [3.8, 4) is 0 Å². The van der Waals surface area contributed by atoms with Crippen molar-refractivity contribution in [2.45, 2.75) is 38.8 Å². The number of aryl methyl sites for hydroxylation is 1. The Kier molecular flexibility index (Phi) is 4.93. The number of H-pyrrole nitrogens is 1. The number of hydrogen-bond acceptors (Lipinski definition) is 3. The SMILES string of the molecule is OCc1cccc2[nH]cc(CCCCN3CCc4c(sc5ccccc45)C3)c12. The van der Waals surface area contributed by atoms with Crippen molar-refractivity contribution >= 4 is 32.3 Å². The van der Waals surface area contributed by atoms with Gasteiger partial charge in [0.2, 0.25) is 0 Å². The third kappa shape index (κ3) is 3.26. The summed E-state index contributed by atoms with van der Waals surface area (Å²) in [6.07, 6.45) is 6.77. The van der Waals surface area contributed by atoms with E-state index in [0.717, 1.165) is 24.0 Å². The zero-order chi connectivity index (χ0) is 18.9. The van der Waals surface area contributed by atoms with Crippen LogP contribution in [0.5, 0.6) is 0 Å². The molecule has 0 spiro atoms. The van der Waals surface area contributed by atoms with Gasteiger partial charge >= 0.3 is 0 Å². The number of fused-ring (bicyclic) bond motifs is 4. The third-order valence-electron chi connectivity index (χ3n) is 6.04. The molecule has 28 heavy (non-hydrogen) atoms. The van der Waals surface area contributed by atoms with Gasteiger partial charge in [-0.05, 0) is 66.4 Å². The van der Waals surface area contributed by atoms with Crippen LogP contribution in [0.25, 0.3) is 21.0 Å².